The lowest BCUT2D eigenvalue weighted by atomic mass is 9.92. The van der Waals surface area contributed by atoms with Crippen LogP contribution in [0.2, 0.25) is 0 Å². The van der Waals surface area contributed by atoms with Crippen LogP contribution in [0.1, 0.15) is 29.6 Å². The molecule has 3 aliphatic heterocycles. The molecule has 3 heterocycles. The number of benzene rings is 1. The molecule has 1 aromatic rings. The lowest BCUT2D eigenvalue weighted by molar-refractivity contribution is 0.0287. The van der Waals surface area contributed by atoms with E-state index in [2.05, 4.69) is 0 Å². The Morgan fingerprint density at radius 1 is 1.29 bits per heavy atom. The van der Waals surface area contributed by atoms with Gasteiger partial charge in [0, 0.05) is 31.0 Å². The van der Waals surface area contributed by atoms with E-state index < -0.39 is 0 Å². The molecule has 5 rings (SSSR count). The number of amides is 1. The minimum atomic E-state index is 0.0851. The summed E-state index contributed by atoms with van der Waals surface area (Å²) in [6.45, 7) is 2.82. The molecule has 0 unspecified atom stereocenters. The topological polar surface area (TPSA) is 48.0 Å². The van der Waals surface area contributed by atoms with Gasteiger partial charge < -0.3 is 19.1 Å². The predicted molar refractivity (Wildman–Crippen MR) is 90.7 cm³/mol. The van der Waals surface area contributed by atoms with Gasteiger partial charge in [-0.15, -0.1) is 11.8 Å². The van der Waals surface area contributed by atoms with Crippen LogP contribution in [0, 0.1) is 5.92 Å². The zero-order valence-corrected chi connectivity index (χ0v) is 14.3. The van der Waals surface area contributed by atoms with Gasteiger partial charge >= 0.3 is 0 Å². The summed E-state index contributed by atoms with van der Waals surface area (Å²) in [6.07, 6.45) is 4.12. The monoisotopic (exact) mass is 347 g/mol. The van der Waals surface area contributed by atoms with E-state index in [4.69, 9.17) is 14.2 Å². The van der Waals surface area contributed by atoms with Gasteiger partial charge in [-0.05, 0) is 43.4 Å². The first-order valence-corrected chi connectivity index (χ1v) is 9.64. The second-order valence-corrected chi connectivity index (χ2v) is 8.81. The number of carbonyl (C=O) groups is 1. The molecular weight excluding hydrogens is 326 g/mol. The van der Waals surface area contributed by atoms with Gasteiger partial charge in [-0.2, -0.15) is 0 Å². The van der Waals surface area contributed by atoms with E-state index in [1.807, 2.05) is 28.8 Å². The van der Waals surface area contributed by atoms with E-state index in [1.54, 1.807) is 6.07 Å². The van der Waals surface area contributed by atoms with E-state index >= 15 is 0 Å². The van der Waals surface area contributed by atoms with E-state index in [9.17, 15) is 4.79 Å². The molecule has 0 aromatic heterocycles. The molecule has 1 amide bonds. The molecule has 1 aromatic carbocycles. The normalized spacial score (nSPS) is 26.7. The Balaban J connectivity index is 1.18. The fourth-order valence-corrected chi connectivity index (χ4v) is 5.24. The fourth-order valence-electron chi connectivity index (χ4n) is 3.69. The van der Waals surface area contributed by atoms with Gasteiger partial charge in [0.15, 0.2) is 11.5 Å². The molecule has 128 valence electrons. The Morgan fingerprint density at radius 2 is 2.12 bits per heavy atom. The third kappa shape index (κ3) is 2.65. The maximum atomic E-state index is 12.7. The Labute approximate surface area is 145 Å². The van der Waals surface area contributed by atoms with E-state index in [0.717, 1.165) is 37.8 Å². The summed E-state index contributed by atoms with van der Waals surface area (Å²) in [5.74, 6) is 3.35. The van der Waals surface area contributed by atoms with Crippen molar-refractivity contribution in [2.24, 2.45) is 5.92 Å². The third-order valence-corrected chi connectivity index (χ3v) is 6.88. The van der Waals surface area contributed by atoms with Crippen molar-refractivity contribution in [1.82, 2.24) is 4.90 Å². The van der Waals surface area contributed by atoms with Crippen molar-refractivity contribution in [3.8, 4) is 11.5 Å². The highest BCUT2D eigenvalue weighted by molar-refractivity contribution is 8.01. The SMILES string of the molecule is O=C(c1ccc2c(c1)OCO2)N1CC2(C[C@H](OCC3CC3)CS2)C1. The van der Waals surface area contributed by atoms with Crippen LogP contribution in [0.15, 0.2) is 18.2 Å². The first-order valence-electron chi connectivity index (χ1n) is 8.65. The first kappa shape index (κ1) is 14.9. The van der Waals surface area contributed by atoms with Crippen molar-refractivity contribution in [3.05, 3.63) is 23.8 Å². The summed E-state index contributed by atoms with van der Waals surface area (Å²) in [5.41, 5.74) is 0.679. The minimum absolute atomic E-state index is 0.0851. The van der Waals surface area contributed by atoms with Crippen LogP contribution in [0.5, 0.6) is 11.5 Å². The molecule has 1 atom stereocenters. The lowest BCUT2D eigenvalue weighted by Gasteiger charge is -2.47. The zero-order chi connectivity index (χ0) is 16.1. The van der Waals surface area contributed by atoms with Crippen LogP contribution in [0.3, 0.4) is 0 Å². The number of likely N-dealkylation sites (tertiary alicyclic amines) is 1. The predicted octanol–water partition coefficient (Wildman–Crippen LogP) is 2.54. The first-order chi connectivity index (χ1) is 11.7. The number of carbonyl (C=O) groups excluding carboxylic acids is 1. The molecule has 1 spiro atoms. The molecule has 3 fully saturated rings. The maximum absolute atomic E-state index is 12.7. The molecule has 1 saturated carbocycles. The standard InChI is InChI=1S/C18H21NO4S/c20-17(13-3-4-15-16(5-13)23-11-22-15)19-9-18(10-19)6-14(8-24-18)21-7-12-1-2-12/h3-5,12,14H,1-2,6-11H2/t14-/m0/s1. The summed E-state index contributed by atoms with van der Waals surface area (Å²) in [4.78, 5) is 14.6. The minimum Gasteiger partial charge on any atom is -0.454 e. The van der Waals surface area contributed by atoms with E-state index in [1.165, 1.54) is 12.8 Å². The van der Waals surface area contributed by atoms with Crippen LogP contribution in [-0.4, -0.2) is 53.9 Å². The highest BCUT2D eigenvalue weighted by Crippen LogP contribution is 2.47. The Kier molecular flexibility index (Phi) is 3.45. The molecule has 6 heteroatoms. The van der Waals surface area contributed by atoms with Crippen molar-refractivity contribution < 1.29 is 19.0 Å². The summed E-state index contributed by atoms with van der Waals surface area (Å²) in [7, 11) is 0. The van der Waals surface area contributed by atoms with Gasteiger partial charge in [-0.1, -0.05) is 0 Å². The Bertz CT molecular complexity index is 669. The molecule has 24 heavy (non-hydrogen) atoms. The average molecular weight is 347 g/mol. The van der Waals surface area contributed by atoms with Crippen molar-refractivity contribution in [2.75, 3.05) is 32.2 Å². The van der Waals surface area contributed by atoms with Crippen LogP contribution in [0.25, 0.3) is 0 Å². The summed E-state index contributed by atoms with van der Waals surface area (Å²) in [6, 6.07) is 5.43. The average Bonchev–Trinajstić information content (AvgIpc) is 3.10. The van der Waals surface area contributed by atoms with Gasteiger partial charge in [0.25, 0.3) is 5.91 Å². The fraction of sp³-hybridized carbons (Fsp3) is 0.611. The summed E-state index contributed by atoms with van der Waals surface area (Å²) >= 11 is 1.98. The number of thioether (sulfide) groups is 1. The molecule has 0 radical (unpaired) electrons. The van der Waals surface area contributed by atoms with Gasteiger partial charge in [0.2, 0.25) is 6.79 Å². The van der Waals surface area contributed by atoms with Crippen LogP contribution < -0.4 is 9.47 Å². The number of fused-ring (bicyclic) bond motifs is 1. The smallest absolute Gasteiger partial charge is 0.254 e. The molecular formula is C18H21NO4S. The summed E-state index contributed by atoms with van der Waals surface area (Å²) in [5, 5.41) is 0. The largest absolute Gasteiger partial charge is 0.454 e. The van der Waals surface area contributed by atoms with Gasteiger partial charge in [0.05, 0.1) is 10.9 Å². The zero-order valence-electron chi connectivity index (χ0n) is 13.5. The number of rotatable bonds is 4. The van der Waals surface area contributed by atoms with Crippen molar-refractivity contribution >= 4 is 17.7 Å². The molecule has 1 aliphatic carbocycles. The second kappa shape index (κ2) is 5.56. The van der Waals surface area contributed by atoms with Gasteiger partial charge in [-0.3, -0.25) is 4.79 Å². The molecule has 5 nitrogen and oxygen atoms in total. The third-order valence-electron chi connectivity index (χ3n) is 5.30. The van der Waals surface area contributed by atoms with Crippen LogP contribution in [0.4, 0.5) is 0 Å². The van der Waals surface area contributed by atoms with Crippen LogP contribution >= 0.6 is 11.8 Å². The van der Waals surface area contributed by atoms with Crippen LogP contribution in [-0.2, 0) is 4.74 Å². The molecule has 0 bridgehead atoms. The molecule has 2 saturated heterocycles. The van der Waals surface area contributed by atoms with Gasteiger partial charge in [-0.25, -0.2) is 0 Å². The number of nitrogens with zero attached hydrogens (tertiary/aromatic N) is 1. The number of ether oxygens (including phenoxy) is 3. The summed E-state index contributed by atoms with van der Waals surface area (Å²) < 4.78 is 16.9. The molecule has 4 aliphatic rings. The maximum Gasteiger partial charge on any atom is 0.254 e. The van der Waals surface area contributed by atoms with Gasteiger partial charge in [0.1, 0.15) is 0 Å². The van der Waals surface area contributed by atoms with E-state index in [0.29, 0.717) is 23.2 Å². The quantitative estimate of drug-likeness (QED) is 0.838. The highest BCUT2D eigenvalue weighted by atomic mass is 32.2. The lowest BCUT2D eigenvalue weighted by Crippen LogP contribution is -2.60. The van der Waals surface area contributed by atoms with Crippen molar-refractivity contribution in [3.63, 3.8) is 0 Å². The van der Waals surface area contributed by atoms with E-state index in [-0.39, 0.29) is 17.4 Å². The van der Waals surface area contributed by atoms with Crippen molar-refractivity contribution in [2.45, 2.75) is 30.1 Å². The Hall–Kier alpha value is -1.40. The number of hydrogen-bond acceptors (Lipinski definition) is 5. The highest BCUT2D eigenvalue weighted by Gasteiger charge is 2.51. The Morgan fingerprint density at radius 3 is 2.96 bits per heavy atom. The van der Waals surface area contributed by atoms with Crippen molar-refractivity contribution in [1.29, 1.82) is 0 Å². The number of hydrogen-bond donors (Lipinski definition) is 0. The second-order valence-electron chi connectivity index (χ2n) is 7.33. The molecule has 0 N–H and O–H groups in total.